The van der Waals surface area contributed by atoms with E-state index in [1.165, 1.54) is 0 Å². The summed E-state index contributed by atoms with van der Waals surface area (Å²) in [4.78, 5) is 0. The lowest BCUT2D eigenvalue weighted by Crippen LogP contribution is -2.20. The first kappa shape index (κ1) is 16.2. The molecule has 0 spiro atoms. The van der Waals surface area contributed by atoms with Crippen LogP contribution in [0.5, 0.6) is 0 Å². The molecular weight excluding hydrogens is 285 g/mol. The molecule has 1 aromatic rings. The third-order valence-electron chi connectivity index (χ3n) is 2.73. The average Bonchev–Trinajstić information content (AvgIpc) is 2.36. The van der Waals surface area contributed by atoms with E-state index in [0.29, 0.717) is 0 Å². The van der Waals surface area contributed by atoms with Crippen molar-refractivity contribution in [2.24, 2.45) is 0 Å². The van der Waals surface area contributed by atoms with Crippen molar-refractivity contribution in [3.8, 4) is 0 Å². The number of aliphatic hydroxyl groups excluding tert-OH is 3. The van der Waals surface area contributed by atoms with Crippen LogP contribution in [-0.2, 0) is 12.8 Å². The van der Waals surface area contributed by atoms with Crippen molar-refractivity contribution in [1.29, 1.82) is 0 Å². The van der Waals surface area contributed by atoms with Gasteiger partial charge in [0.1, 0.15) is 6.10 Å². The molecule has 0 radical (unpaired) electrons. The molecule has 0 amide bonds. The van der Waals surface area contributed by atoms with Gasteiger partial charge < -0.3 is 15.3 Å². The highest BCUT2D eigenvalue weighted by Gasteiger charge is 2.32. The predicted octanol–water partition coefficient (Wildman–Crippen LogP) is 2.22. The first-order chi connectivity index (χ1) is 8.81. The van der Waals surface area contributed by atoms with Gasteiger partial charge in [-0.2, -0.15) is 13.2 Å². The molecule has 0 aliphatic rings. The van der Waals surface area contributed by atoms with E-state index in [2.05, 4.69) is 0 Å². The molecule has 0 saturated heterocycles. The number of halogens is 4. The fourth-order valence-electron chi connectivity index (χ4n) is 1.68. The zero-order valence-electron chi connectivity index (χ0n) is 9.86. The molecule has 3 N–H and O–H groups in total. The molecule has 0 aromatic heterocycles. The van der Waals surface area contributed by atoms with Gasteiger partial charge in [-0.3, -0.25) is 0 Å². The number of hydrogen-bond acceptors (Lipinski definition) is 3. The molecular formula is C12H14ClF3O3. The minimum Gasteiger partial charge on any atom is -0.392 e. The first-order valence-corrected chi connectivity index (χ1v) is 6.07. The van der Waals surface area contributed by atoms with Crippen molar-refractivity contribution in [2.75, 3.05) is 5.88 Å². The maximum absolute atomic E-state index is 12.5. The van der Waals surface area contributed by atoms with Crippen molar-refractivity contribution in [1.82, 2.24) is 0 Å². The largest absolute Gasteiger partial charge is 0.416 e. The lowest BCUT2D eigenvalue weighted by Gasteiger charge is -2.20. The number of alkyl halides is 4. The highest BCUT2D eigenvalue weighted by atomic mass is 35.5. The second-order valence-corrected chi connectivity index (χ2v) is 4.44. The van der Waals surface area contributed by atoms with Gasteiger partial charge in [0.05, 0.1) is 18.3 Å². The summed E-state index contributed by atoms with van der Waals surface area (Å²) in [6, 6.07) is 2.60. The van der Waals surface area contributed by atoms with Gasteiger partial charge in [0, 0.05) is 5.88 Å². The molecule has 0 bridgehead atoms. The van der Waals surface area contributed by atoms with Gasteiger partial charge in [0.2, 0.25) is 0 Å². The normalized spacial score (nSPS) is 15.3. The van der Waals surface area contributed by atoms with E-state index in [1.54, 1.807) is 0 Å². The predicted molar refractivity (Wildman–Crippen MR) is 63.7 cm³/mol. The maximum Gasteiger partial charge on any atom is 0.416 e. The van der Waals surface area contributed by atoms with Crippen molar-refractivity contribution in [3.63, 3.8) is 0 Å². The number of aliphatic hydroxyl groups is 3. The topological polar surface area (TPSA) is 60.7 Å². The van der Waals surface area contributed by atoms with Crippen LogP contribution in [-0.4, -0.2) is 27.3 Å². The Morgan fingerprint density at radius 2 is 1.84 bits per heavy atom. The minimum absolute atomic E-state index is 0.0631. The van der Waals surface area contributed by atoms with Gasteiger partial charge in [-0.15, -0.1) is 11.6 Å². The van der Waals surface area contributed by atoms with E-state index in [1.807, 2.05) is 0 Å². The summed E-state index contributed by atoms with van der Waals surface area (Å²) in [7, 11) is 0. The van der Waals surface area contributed by atoms with Crippen molar-refractivity contribution in [2.45, 2.75) is 31.4 Å². The highest BCUT2D eigenvalue weighted by molar-refractivity contribution is 6.17. The average molecular weight is 299 g/mol. The maximum atomic E-state index is 12.5. The van der Waals surface area contributed by atoms with Crippen molar-refractivity contribution < 1.29 is 28.5 Å². The van der Waals surface area contributed by atoms with Gasteiger partial charge in [-0.05, 0) is 29.7 Å². The summed E-state index contributed by atoms with van der Waals surface area (Å²) in [6.07, 6.45) is -7.01. The van der Waals surface area contributed by atoms with Crippen LogP contribution < -0.4 is 0 Å². The Bertz CT molecular complexity index is 423. The van der Waals surface area contributed by atoms with Crippen LogP contribution in [0, 0.1) is 0 Å². The van der Waals surface area contributed by atoms with Crippen LogP contribution in [0.1, 0.15) is 29.2 Å². The fraction of sp³-hybridized carbons (Fsp3) is 0.500. The Hall–Kier alpha value is -0.820. The van der Waals surface area contributed by atoms with Gasteiger partial charge in [0.25, 0.3) is 0 Å². The Labute approximate surface area is 113 Å². The van der Waals surface area contributed by atoms with E-state index in [9.17, 15) is 23.4 Å². The lowest BCUT2D eigenvalue weighted by atomic mass is 9.96. The van der Waals surface area contributed by atoms with Crippen LogP contribution >= 0.6 is 11.6 Å². The monoisotopic (exact) mass is 298 g/mol. The third kappa shape index (κ3) is 4.07. The molecule has 108 valence electrons. The third-order valence-corrected chi connectivity index (χ3v) is 2.95. The number of benzene rings is 1. The molecule has 2 atom stereocenters. The minimum atomic E-state index is -4.53. The van der Waals surface area contributed by atoms with Crippen LogP contribution in [0.4, 0.5) is 13.2 Å². The molecule has 1 aromatic carbocycles. The van der Waals surface area contributed by atoms with Crippen LogP contribution in [0.25, 0.3) is 0 Å². The molecule has 0 heterocycles. The number of hydrogen-bond donors (Lipinski definition) is 3. The second kappa shape index (κ2) is 6.56. The Morgan fingerprint density at radius 1 is 1.21 bits per heavy atom. The molecule has 0 saturated carbocycles. The fourth-order valence-corrected chi connectivity index (χ4v) is 1.91. The molecule has 3 nitrogen and oxygen atoms in total. The van der Waals surface area contributed by atoms with Gasteiger partial charge in [0.15, 0.2) is 0 Å². The quantitative estimate of drug-likeness (QED) is 0.731. The number of rotatable bonds is 5. The lowest BCUT2D eigenvalue weighted by molar-refractivity contribution is -0.137. The van der Waals surface area contributed by atoms with E-state index >= 15 is 0 Å². The van der Waals surface area contributed by atoms with Gasteiger partial charge in [-0.1, -0.05) is 6.07 Å². The molecule has 7 heteroatoms. The van der Waals surface area contributed by atoms with E-state index in [4.69, 9.17) is 16.7 Å². The SMILES string of the molecule is OCc1cc(C(F)(F)F)ccc1C(O)C(O)CCCl. The highest BCUT2D eigenvalue weighted by Crippen LogP contribution is 2.32. The van der Waals surface area contributed by atoms with E-state index in [-0.39, 0.29) is 23.4 Å². The summed E-state index contributed by atoms with van der Waals surface area (Å²) < 4.78 is 37.5. The van der Waals surface area contributed by atoms with E-state index < -0.39 is 30.6 Å². The standard InChI is InChI=1S/C12H14ClF3O3/c13-4-3-10(18)11(19)9-2-1-8(12(14,15)16)5-7(9)6-17/h1-2,5,10-11,17-19H,3-4,6H2. The Morgan fingerprint density at radius 3 is 2.32 bits per heavy atom. The molecule has 0 aliphatic carbocycles. The second-order valence-electron chi connectivity index (χ2n) is 4.06. The van der Waals surface area contributed by atoms with Crippen LogP contribution in [0.15, 0.2) is 18.2 Å². The van der Waals surface area contributed by atoms with Gasteiger partial charge >= 0.3 is 6.18 Å². The summed E-state index contributed by atoms with van der Waals surface area (Å²) in [6.45, 7) is -0.663. The van der Waals surface area contributed by atoms with E-state index in [0.717, 1.165) is 18.2 Å². The smallest absolute Gasteiger partial charge is 0.392 e. The van der Waals surface area contributed by atoms with Crippen LogP contribution in [0.3, 0.4) is 0 Å². The Balaban J connectivity index is 3.09. The summed E-state index contributed by atoms with van der Waals surface area (Å²) in [5.74, 6) is 0.104. The molecule has 0 fully saturated rings. The van der Waals surface area contributed by atoms with Crippen molar-refractivity contribution in [3.05, 3.63) is 34.9 Å². The zero-order valence-corrected chi connectivity index (χ0v) is 10.6. The molecule has 0 aliphatic heterocycles. The van der Waals surface area contributed by atoms with Crippen molar-refractivity contribution >= 4 is 11.6 Å². The van der Waals surface area contributed by atoms with Crippen LogP contribution in [0.2, 0.25) is 0 Å². The first-order valence-electron chi connectivity index (χ1n) is 5.54. The Kier molecular flexibility index (Phi) is 5.61. The zero-order chi connectivity index (χ0) is 14.6. The van der Waals surface area contributed by atoms with Gasteiger partial charge in [-0.25, -0.2) is 0 Å². The molecule has 2 unspecified atom stereocenters. The summed E-state index contributed by atoms with van der Waals surface area (Å²) in [5.41, 5.74) is -0.927. The molecule has 1 rings (SSSR count). The summed E-state index contributed by atoms with van der Waals surface area (Å²) in [5, 5.41) is 28.5. The molecule has 19 heavy (non-hydrogen) atoms. The summed E-state index contributed by atoms with van der Waals surface area (Å²) >= 11 is 5.42.